The lowest BCUT2D eigenvalue weighted by Gasteiger charge is -2.23. The second-order valence-corrected chi connectivity index (χ2v) is 5.31. The Hall–Kier alpha value is -1.14. The molecule has 0 unspecified atom stereocenters. The smallest absolute Gasteiger partial charge is 0.101 e. The fourth-order valence-corrected chi connectivity index (χ4v) is 2.87. The Balaban J connectivity index is 2.30. The summed E-state index contributed by atoms with van der Waals surface area (Å²) in [6, 6.07) is 8.37. The fraction of sp³-hybridized carbons (Fsp3) is 0.462. The maximum absolute atomic E-state index is 9.13. The van der Waals surface area contributed by atoms with Gasteiger partial charge in [-0.1, -0.05) is 6.07 Å². The monoisotopic (exact) mass is 232 g/mol. The van der Waals surface area contributed by atoms with Crippen molar-refractivity contribution in [2.45, 2.75) is 13.3 Å². The number of hydrogen-bond donors (Lipinski definition) is 0. The summed E-state index contributed by atoms with van der Waals surface area (Å²) in [5.74, 6) is 2.41. The number of anilines is 1. The van der Waals surface area contributed by atoms with Crippen molar-refractivity contribution >= 4 is 17.4 Å². The molecule has 1 aromatic carbocycles. The summed E-state index contributed by atoms with van der Waals surface area (Å²) >= 11 is 2.01. The number of benzene rings is 1. The van der Waals surface area contributed by atoms with E-state index < -0.39 is 0 Å². The third-order valence-electron chi connectivity index (χ3n) is 2.84. The molecule has 0 saturated carbocycles. The van der Waals surface area contributed by atoms with Crippen LogP contribution in [-0.2, 0) is 0 Å². The van der Waals surface area contributed by atoms with E-state index in [2.05, 4.69) is 24.0 Å². The normalized spacial score (nSPS) is 16.6. The first-order valence-corrected chi connectivity index (χ1v) is 6.80. The molecule has 1 fully saturated rings. The van der Waals surface area contributed by atoms with Crippen LogP contribution >= 0.6 is 11.8 Å². The van der Waals surface area contributed by atoms with Crippen LogP contribution < -0.4 is 4.90 Å². The van der Waals surface area contributed by atoms with Crippen LogP contribution in [0.4, 0.5) is 5.69 Å². The van der Waals surface area contributed by atoms with E-state index in [-0.39, 0.29) is 0 Å². The number of aryl methyl sites for hydroxylation is 1. The van der Waals surface area contributed by atoms with Crippen molar-refractivity contribution in [3.8, 4) is 6.07 Å². The third kappa shape index (κ3) is 2.51. The van der Waals surface area contributed by atoms with Gasteiger partial charge < -0.3 is 4.90 Å². The minimum absolute atomic E-state index is 0.803. The van der Waals surface area contributed by atoms with Gasteiger partial charge in [0.25, 0.3) is 0 Å². The van der Waals surface area contributed by atoms with Gasteiger partial charge in [-0.2, -0.15) is 17.0 Å². The molecule has 0 radical (unpaired) electrons. The quantitative estimate of drug-likeness (QED) is 0.745. The van der Waals surface area contributed by atoms with Crippen LogP contribution in [0.1, 0.15) is 17.5 Å². The minimum Gasteiger partial charge on any atom is -0.370 e. The van der Waals surface area contributed by atoms with Crippen LogP contribution in [0.3, 0.4) is 0 Å². The summed E-state index contributed by atoms with van der Waals surface area (Å²) in [5, 5.41) is 9.13. The molecule has 0 amide bonds. The van der Waals surface area contributed by atoms with Gasteiger partial charge in [0.05, 0.1) is 11.3 Å². The Morgan fingerprint density at radius 2 is 2.19 bits per heavy atom. The van der Waals surface area contributed by atoms with Crippen LogP contribution in [-0.4, -0.2) is 24.6 Å². The van der Waals surface area contributed by atoms with Gasteiger partial charge in [0.15, 0.2) is 0 Å². The van der Waals surface area contributed by atoms with E-state index in [9.17, 15) is 0 Å². The second kappa shape index (κ2) is 5.27. The molecule has 1 aliphatic heterocycles. The van der Waals surface area contributed by atoms with E-state index >= 15 is 0 Å². The molecule has 1 heterocycles. The molecule has 0 aromatic heterocycles. The molecule has 0 N–H and O–H groups in total. The highest BCUT2D eigenvalue weighted by molar-refractivity contribution is 7.99. The molecule has 0 atom stereocenters. The molecule has 16 heavy (non-hydrogen) atoms. The third-order valence-corrected chi connectivity index (χ3v) is 3.89. The van der Waals surface area contributed by atoms with Gasteiger partial charge in [-0.3, -0.25) is 0 Å². The molecule has 1 saturated heterocycles. The zero-order chi connectivity index (χ0) is 11.4. The van der Waals surface area contributed by atoms with E-state index in [1.165, 1.54) is 23.5 Å². The molecule has 3 heteroatoms. The molecule has 0 bridgehead atoms. The summed E-state index contributed by atoms with van der Waals surface area (Å²) in [6.07, 6.45) is 1.21. The van der Waals surface area contributed by atoms with Crippen molar-refractivity contribution in [2.24, 2.45) is 0 Å². The first-order chi connectivity index (χ1) is 7.81. The van der Waals surface area contributed by atoms with Crippen LogP contribution in [0.2, 0.25) is 0 Å². The summed E-state index contributed by atoms with van der Waals surface area (Å²) in [4.78, 5) is 2.35. The largest absolute Gasteiger partial charge is 0.370 e. The van der Waals surface area contributed by atoms with E-state index in [4.69, 9.17) is 5.26 Å². The molecule has 0 aliphatic carbocycles. The molecular weight excluding hydrogens is 216 g/mol. The van der Waals surface area contributed by atoms with Gasteiger partial charge in [0.2, 0.25) is 0 Å². The van der Waals surface area contributed by atoms with Gasteiger partial charge in [0.1, 0.15) is 6.07 Å². The Labute approximate surface area is 101 Å². The van der Waals surface area contributed by atoms with Crippen LogP contribution in [0.15, 0.2) is 18.2 Å². The lowest BCUT2D eigenvalue weighted by atomic mass is 10.1. The summed E-state index contributed by atoms with van der Waals surface area (Å²) < 4.78 is 0. The highest BCUT2D eigenvalue weighted by Gasteiger charge is 2.13. The standard InChI is InChI=1S/C13H16N2S/c1-11-3-4-12(10-14)13(9-11)15-5-2-7-16-8-6-15/h3-4,9H,2,5-8H2,1H3. The highest BCUT2D eigenvalue weighted by atomic mass is 32.2. The second-order valence-electron chi connectivity index (χ2n) is 4.09. The minimum atomic E-state index is 0.803. The predicted molar refractivity (Wildman–Crippen MR) is 70.0 cm³/mol. The fourth-order valence-electron chi connectivity index (χ4n) is 1.98. The van der Waals surface area contributed by atoms with E-state index in [0.717, 1.165) is 24.3 Å². The van der Waals surface area contributed by atoms with Crippen LogP contribution in [0.25, 0.3) is 0 Å². The zero-order valence-corrected chi connectivity index (χ0v) is 10.4. The van der Waals surface area contributed by atoms with Crippen molar-refractivity contribution in [1.29, 1.82) is 5.26 Å². The predicted octanol–water partition coefficient (Wildman–Crippen LogP) is 2.81. The van der Waals surface area contributed by atoms with Gasteiger partial charge in [-0.25, -0.2) is 0 Å². The number of rotatable bonds is 1. The molecule has 84 valence electrons. The number of nitriles is 1. The first kappa shape index (κ1) is 11.3. The first-order valence-electron chi connectivity index (χ1n) is 5.65. The lowest BCUT2D eigenvalue weighted by molar-refractivity contribution is 0.814. The maximum atomic E-state index is 9.13. The molecule has 1 aromatic rings. The van der Waals surface area contributed by atoms with Crippen LogP contribution in [0.5, 0.6) is 0 Å². The SMILES string of the molecule is Cc1ccc(C#N)c(N2CCCSCC2)c1. The number of thioether (sulfide) groups is 1. The molecule has 1 aliphatic rings. The zero-order valence-electron chi connectivity index (χ0n) is 9.57. The van der Waals surface area contributed by atoms with Gasteiger partial charge in [-0.15, -0.1) is 0 Å². The molecular formula is C13H16N2S. The molecule has 0 spiro atoms. The lowest BCUT2D eigenvalue weighted by Crippen LogP contribution is -2.26. The van der Waals surface area contributed by atoms with Crippen molar-refractivity contribution in [3.63, 3.8) is 0 Å². The average molecular weight is 232 g/mol. The van der Waals surface area contributed by atoms with E-state index in [1.54, 1.807) is 0 Å². The number of nitrogens with zero attached hydrogens (tertiary/aromatic N) is 2. The van der Waals surface area contributed by atoms with E-state index in [0.29, 0.717) is 0 Å². The Kier molecular flexibility index (Phi) is 3.74. The van der Waals surface area contributed by atoms with Crippen molar-refractivity contribution < 1.29 is 0 Å². The molecule has 2 nitrogen and oxygen atoms in total. The summed E-state index contributed by atoms with van der Waals surface area (Å²) in [7, 11) is 0. The summed E-state index contributed by atoms with van der Waals surface area (Å²) in [6.45, 7) is 4.21. The van der Waals surface area contributed by atoms with Crippen molar-refractivity contribution in [1.82, 2.24) is 0 Å². The molecule has 2 rings (SSSR count). The van der Waals surface area contributed by atoms with E-state index in [1.807, 2.05) is 23.9 Å². The summed E-state index contributed by atoms with van der Waals surface area (Å²) in [5.41, 5.74) is 3.15. The highest BCUT2D eigenvalue weighted by Crippen LogP contribution is 2.24. The number of hydrogen-bond acceptors (Lipinski definition) is 3. The topological polar surface area (TPSA) is 27.0 Å². The Morgan fingerprint density at radius 3 is 3.00 bits per heavy atom. The van der Waals surface area contributed by atoms with Crippen molar-refractivity contribution in [2.75, 3.05) is 29.5 Å². The van der Waals surface area contributed by atoms with Crippen LogP contribution in [0, 0.1) is 18.3 Å². The maximum Gasteiger partial charge on any atom is 0.101 e. The van der Waals surface area contributed by atoms with Crippen molar-refractivity contribution in [3.05, 3.63) is 29.3 Å². The Morgan fingerprint density at radius 1 is 1.31 bits per heavy atom. The Bertz CT molecular complexity index is 401. The van der Waals surface area contributed by atoms with Gasteiger partial charge >= 0.3 is 0 Å². The van der Waals surface area contributed by atoms with Gasteiger partial charge in [-0.05, 0) is 36.8 Å². The average Bonchev–Trinajstić information content (AvgIpc) is 2.57. The van der Waals surface area contributed by atoms with Gasteiger partial charge in [0, 0.05) is 18.8 Å².